The lowest BCUT2D eigenvalue weighted by Gasteiger charge is -2.27. The summed E-state index contributed by atoms with van der Waals surface area (Å²) in [6.07, 6.45) is -0.789. The summed E-state index contributed by atoms with van der Waals surface area (Å²) < 4.78 is 39.7. The highest BCUT2D eigenvalue weighted by molar-refractivity contribution is 5.98. The minimum atomic E-state index is -4.66. The first-order chi connectivity index (χ1) is 18.1. The number of carbonyl (C=O) groups excluding carboxylic acids is 3. The van der Waals surface area contributed by atoms with Gasteiger partial charge in [-0.3, -0.25) is 9.69 Å². The van der Waals surface area contributed by atoms with Crippen LogP contribution in [0.4, 0.5) is 29.7 Å². The second kappa shape index (κ2) is 11.3. The molecule has 39 heavy (non-hydrogen) atoms. The third kappa shape index (κ3) is 7.24. The average Bonchev–Trinajstić information content (AvgIpc) is 3.13. The van der Waals surface area contributed by atoms with E-state index in [1.807, 2.05) is 33.8 Å². The Balaban J connectivity index is 1.88. The average molecular weight is 549 g/mol. The zero-order valence-electron chi connectivity index (χ0n) is 22.3. The number of benzene rings is 1. The van der Waals surface area contributed by atoms with E-state index in [2.05, 4.69) is 15.3 Å². The first-order valence-electron chi connectivity index (χ1n) is 12.2. The van der Waals surface area contributed by atoms with Crippen molar-refractivity contribution in [3.63, 3.8) is 0 Å². The van der Waals surface area contributed by atoms with Crippen molar-refractivity contribution in [2.45, 2.75) is 65.2 Å². The molecule has 1 unspecified atom stereocenters. The molecule has 0 aliphatic carbocycles. The predicted octanol–water partition coefficient (Wildman–Crippen LogP) is 4.73. The van der Waals surface area contributed by atoms with Crippen LogP contribution in [0.15, 0.2) is 42.1 Å². The number of rotatable bonds is 7. The SMILES string of the molecule is CC(C)=CCCC(C)N(OC(=O)c1cnc(N2CC(C)(C)NC2=O)nc1N)C(=O)c1cccc(C(F)(F)F)c1. The first-order valence-corrected chi connectivity index (χ1v) is 12.2. The van der Waals surface area contributed by atoms with Gasteiger partial charge < -0.3 is 15.9 Å². The van der Waals surface area contributed by atoms with E-state index < -0.39 is 41.2 Å². The van der Waals surface area contributed by atoms with Crippen LogP contribution in [-0.4, -0.2) is 51.1 Å². The molecular weight excluding hydrogens is 517 g/mol. The molecular formula is C26H31F3N6O4. The Hall–Kier alpha value is -4.16. The first kappa shape index (κ1) is 29.4. The minimum absolute atomic E-state index is 0.0286. The van der Waals surface area contributed by atoms with Gasteiger partial charge in [-0.25, -0.2) is 14.6 Å². The van der Waals surface area contributed by atoms with E-state index in [0.717, 1.165) is 29.0 Å². The largest absolute Gasteiger partial charge is 0.416 e. The summed E-state index contributed by atoms with van der Waals surface area (Å²) >= 11 is 0. The third-order valence-electron chi connectivity index (χ3n) is 5.87. The van der Waals surface area contributed by atoms with Crippen molar-refractivity contribution in [1.82, 2.24) is 20.3 Å². The highest BCUT2D eigenvalue weighted by atomic mass is 19.4. The molecule has 3 rings (SSSR count). The number of alkyl halides is 3. The van der Waals surface area contributed by atoms with Crippen LogP contribution < -0.4 is 16.0 Å². The van der Waals surface area contributed by atoms with Gasteiger partial charge in [-0.1, -0.05) is 17.7 Å². The molecule has 10 nitrogen and oxygen atoms in total. The maximum absolute atomic E-state index is 13.3. The fourth-order valence-electron chi connectivity index (χ4n) is 3.85. The lowest BCUT2D eigenvalue weighted by atomic mass is 10.1. The normalized spacial score (nSPS) is 15.4. The molecule has 1 aromatic carbocycles. The lowest BCUT2D eigenvalue weighted by Crippen LogP contribution is -2.40. The number of nitrogen functional groups attached to an aromatic ring is 1. The van der Waals surface area contributed by atoms with Gasteiger partial charge in [0.1, 0.15) is 11.4 Å². The maximum atomic E-state index is 13.3. The van der Waals surface area contributed by atoms with E-state index >= 15 is 0 Å². The smallest absolute Gasteiger partial charge is 0.383 e. The minimum Gasteiger partial charge on any atom is -0.383 e. The van der Waals surface area contributed by atoms with Crippen molar-refractivity contribution >= 4 is 29.7 Å². The zero-order chi connectivity index (χ0) is 29.1. The van der Waals surface area contributed by atoms with Gasteiger partial charge in [0.2, 0.25) is 5.95 Å². The Morgan fingerprint density at radius 2 is 2.00 bits per heavy atom. The van der Waals surface area contributed by atoms with Gasteiger partial charge in [0.15, 0.2) is 0 Å². The molecule has 3 N–H and O–H groups in total. The van der Waals surface area contributed by atoms with Crippen molar-refractivity contribution < 1.29 is 32.4 Å². The van der Waals surface area contributed by atoms with Gasteiger partial charge in [-0.15, -0.1) is 0 Å². The van der Waals surface area contributed by atoms with E-state index in [9.17, 15) is 27.6 Å². The maximum Gasteiger partial charge on any atom is 0.416 e. The molecule has 0 spiro atoms. The zero-order valence-corrected chi connectivity index (χ0v) is 22.3. The summed E-state index contributed by atoms with van der Waals surface area (Å²) in [5, 5.41) is 3.49. The van der Waals surface area contributed by atoms with Gasteiger partial charge in [-0.05, 0) is 65.7 Å². The highest BCUT2D eigenvalue weighted by Gasteiger charge is 2.38. The van der Waals surface area contributed by atoms with Crippen molar-refractivity contribution in [1.29, 1.82) is 0 Å². The summed E-state index contributed by atoms with van der Waals surface area (Å²) in [5.74, 6) is -2.35. The molecule has 1 aliphatic rings. The monoisotopic (exact) mass is 548 g/mol. The van der Waals surface area contributed by atoms with Gasteiger partial charge in [0.25, 0.3) is 5.91 Å². The summed E-state index contributed by atoms with van der Waals surface area (Å²) in [4.78, 5) is 53.4. The molecule has 1 saturated heterocycles. The number of hydrogen-bond donors (Lipinski definition) is 2. The fraction of sp³-hybridized carbons (Fsp3) is 0.423. The van der Waals surface area contributed by atoms with Crippen LogP contribution in [0, 0.1) is 0 Å². The second-order valence-electron chi connectivity index (χ2n) is 10.2. The Bertz CT molecular complexity index is 1290. The van der Waals surface area contributed by atoms with Crippen LogP contribution >= 0.6 is 0 Å². The molecule has 0 radical (unpaired) electrons. The summed E-state index contributed by atoms with van der Waals surface area (Å²) in [7, 11) is 0. The predicted molar refractivity (Wildman–Crippen MR) is 138 cm³/mol. The molecule has 1 atom stereocenters. The molecule has 0 bridgehead atoms. The molecule has 13 heteroatoms. The number of urea groups is 1. The van der Waals surface area contributed by atoms with Crippen LogP contribution in [0.3, 0.4) is 0 Å². The van der Waals surface area contributed by atoms with Crippen LogP contribution in [0.2, 0.25) is 0 Å². The van der Waals surface area contributed by atoms with Crippen LogP contribution in [0.25, 0.3) is 0 Å². The number of hydroxylamine groups is 2. The van der Waals surface area contributed by atoms with Gasteiger partial charge in [-0.2, -0.15) is 23.2 Å². The number of nitrogens with two attached hydrogens (primary N) is 1. The van der Waals surface area contributed by atoms with Crippen LogP contribution in [0.1, 0.15) is 73.7 Å². The summed E-state index contributed by atoms with van der Waals surface area (Å²) in [5.41, 5.74) is 4.88. The third-order valence-corrected chi connectivity index (χ3v) is 5.87. The van der Waals surface area contributed by atoms with Crippen molar-refractivity contribution in [2.24, 2.45) is 0 Å². The van der Waals surface area contributed by atoms with Crippen molar-refractivity contribution in [3.8, 4) is 0 Å². The number of allylic oxidation sites excluding steroid dienone is 2. The highest BCUT2D eigenvalue weighted by Crippen LogP contribution is 2.30. The summed E-state index contributed by atoms with van der Waals surface area (Å²) in [6, 6.07) is 2.70. The molecule has 0 saturated carbocycles. The van der Waals surface area contributed by atoms with E-state index in [1.165, 1.54) is 11.0 Å². The van der Waals surface area contributed by atoms with E-state index in [4.69, 9.17) is 10.6 Å². The standard InChI is InChI=1S/C26H31F3N6O4/c1-15(2)8-6-9-16(3)35(21(36)17-10-7-11-18(12-17)26(27,28)29)39-22(37)19-13-31-23(32-20(19)30)34-14-25(4,5)33-24(34)38/h7-8,10-13,16H,6,9,14H2,1-5H3,(H,33,38)(H2,30,31,32). The molecule has 210 valence electrons. The van der Waals surface area contributed by atoms with Gasteiger partial charge in [0.05, 0.1) is 23.7 Å². The van der Waals surface area contributed by atoms with Crippen LogP contribution in [0.5, 0.6) is 0 Å². The number of amides is 3. The number of hydrogen-bond acceptors (Lipinski definition) is 7. The number of anilines is 2. The molecule has 2 heterocycles. The molecule has 1 aliphatic heterocycles. The van der Waals surface area contributed by atoms with Gasteiger partial charge >= 0.3 is 18.2 Å². The molecule has 2 aromatic rings. The fourth-order valence-corrected chi connectivity index (χ4v) is 3.85. The Kier molecular flexibility index (Phi) is 8.51. The number of nitrogens with zero attached hydrogens (tertiary/aromatic N) is 4. The Morgan fingerprint density at radius 1 is 1.31 bits per heavy atom. The topological polar surface area (TPSA) is 131 Å². The number of halogens is 3. The van der Waals surface area contributed by atoms with Crippen molar-refractivity contribution in [3.05, 3.63) is 58.8 Å². The van der Waals surface area contributed by atoms with E-state index in [0.29, 0.717) is 18.9 Å². The molecule has 1 aromatic heterocycles. The van der Waals surface area contributed by atoms with Crippen molar-refractivity contribution in [2.75, 3.05) is 17.2 Å². The number of carbonyl (C=O) groups is 3. The van der Waals surface area contributed by atoms with E-state index in [1.54, 1.807) is 6.92 Å². The molecule has 1 fully saturated rings. The quantitative estimate of drug-likeness (QED) is 0.378. The Morgan fingerprint density at radius 3 is 2.56 bits per heavy atom. The Labute approximate surface area is 224 Å². The van der Waals surface area contributed by atoms with Gasteiger partial charge in [0, 0.05) is 11.8 Å². The lowest BCUT2D eigenvalue weighted by molar-refractivity contribution is -0.137. The number of nitrogens with one attached hydrogen (secondary N) is 1. The van der Waals surface area contributed by atoms with E-state index in [-0.39, 0.29) is 29.4 Å². The number of aromatic nitrogens is 2. The molecule has 3 amide bonds. The van der Waals surface area contributed by atoms with Crippen LogP contribution in [-0.2, 0) is 11.0 Å². The second-order valence-corrected chi connectivity index (χ2v) is 10.2. The summed E-state index contributed by atoms with van der Waals surface area (Å²) in [6.45, 7) is 9.29.